The average molecular weight is 768 g/mol. The van der Waals surface area contributed by atoms with Gasteiger partial charge < -0.3 is 28.6 Å². The van der Waals surface area contributed by atoms with Crippen molar-refractivity contribution in [3.63, 3.8) is 0 Å². The highest BCUT2D eigenvalue weighted by atomic mass is 35.5. The second-order valence-electron chi connectivity index (χ2n) is 12.6. The van der Waals surface area contributed by atoms with Gasteiger partial charge in [-0.25, -0.2) is 4.98 Å². The third-order valence-corrected chi connectivity index (χ3v) is 9.28. The molecule has 3 aromatic carbocycles. The van der Waals surface area contributed by atoms with E-state index in [1.165, 1.54) is 0 Å². The van der Waals surface area contributed by atoms with Gasteiger partial charge in [0, 0.05) is 54.8 Å². The first kappa shape index (κ1) is 43.2. The summed E-state index contributed by atoms with van der Waals surface area (Å²) in [5.74, 6) is 3.65. The largest absolute Gasteiger partial charge is 0.493 e. The molecule has 0 aliphatic heterocycles. The van der Waals surface area contributed by atoms with Crippen LogP contribution in [-0.4, -0.2) is 78.0 Å². The zero-order valence-electron chi connectivity index (χ0n) is 31.7. The highest BCUT2D eigenvalue weighted by Crippen LogP contribution is 2.40. The van der Waals surface area contributed by atoms with E-state index in [9.17, 15) is 13.2 Å². The molecule has 0 aliphatic carbocycles. The van der Waals surface area contributed by atoms with Crippen LogP contribution in [0.2, 0.25) is 10.0 Å². The molecule has 0 saturated heterocycles. The van der Waals surface area contributed by atoms with Crippen LogP contribution < -0.4 is 14.2 Å². The van der Waals surface area contributed by atoms with E-state index >= 15 is 0 Å². The minimum atomic E-state index is -4.00. The Morgan fingerprint density at radius 1 is 0.750 bits per heavy atom. The molecule has 0 fully saturated rings. The molecule has 0 N–H and O–H groups in total. The third-order valence-electron chi connectivity index (χ3n) is 8.62. The zero-order chi connectivity index (χ0) is 38.3. The summed E-state index contributed by atoms with van der Waals surface area (Å²) in [7, 11) is 0. The van der Waals surface area contributed by atoms with E-state index in [0.717, 1.165) is 111 Å². The average Bonchev–Trinajstić information content (AvgIpc) is 3.46. The number of imidazole rings is 1. The summed E-state index contributed by atoms with van der Waals surface area (Å²) in [6, 6.07) is 15.5. The number of hydrogen-bond donors (Lipinski definition) is 0. The van der Waals surface area contributed by atoms with Gasteiger partial charge >= 0.3 is 6.18 Å². The first-order valence-electron chi connectivity index (χ1n) is 18.4. The fourth-order valence-corrected chi connectivity index (χ4v) is 5.99. The van der Waals surface area contributed by atoms with Gasteiger partial charge in [0.25, 0.3) is 0 Å². The van der Waals surface area contributed by atoms with Crippen molar-refractivity contribution in [2.75, 3.05) is 52.5 Å². The Kier molecular flexibility index (Phi) is 17.9. The maximum atomic E-state index is 10.4. The summed E-state index contributed by atoms with van der Waals surface area (Å²) in [4.78, 5) is 10.1. The van der Waals surface area contributed by atoms with Crippen LogP contribution >= 0.6 is 23.2 Å². The predicted octanol–water partition coefficient (Wildman–Crippen LogP) is 11.7. The van der Waals surface area contributed by atoms with E-state index < -0.39 is 6.18 Å². The Labute approximate surface area is 317 Å². The van der Waals surface area contributed by atoms with Gasteiger partial charge in [-0.3, -0.25) is 0 Å². The molecule has 0 aliphatic rings. The summed E-state index contributed by atoms with van der Waals surface area (Å²) in [5, 5.41) is 1.28. The highest BCUT2D eigenvalue weighted by molar-refractivity contribution is 6.31. The van der Waals surface area contributed by atoms with E-state index in [-0.39, 0.29) is 6.92 Å². The number of unbranched alkanes of at least 4 members (excludes halogenated alkanes) is 1. The van der Waals surface area contributed by atoms with Crippen LogP contribution in [0.5, 0.6) is 23.0 Å². The van der Waals surface area contributed by atoms with Gasteiger partial charge in [0.2, 0.25) is 0 Å². The zero-order valence-corrected chi connectivity index (χ0v) is 33.2. The molecule has 4 aromatic rings. The lowest BCUT2D eigenvalue weighted by Gasteiger charge is -2.18. The summed E-state index contributed by atoms with van der Waals surface area (Å²) in [6.45, 7) is 21.3. The summed E-state index contributed by atoms with van der Waals surface area (Å²) in [5.41, 5.74) is 3.59. The lowest BCUT2D eigenvalue weighted by molar-refractivity contribution is -0.110. The summed E-state index contributed by atoms with van der Waals surface area (Å²) >= 11 is 12.8. The van der Waals surface area contributed by atoms with Gasteiger partial charge in [-0.2, -0.15) is 13.2 Å². The van der Waals surface area contributed by atoms with Crippen LogP contribution in [0.1, 0.15) is 72.8 Å². The number of benzene rings is 3. The molecular weight excluding hydrogens is 712 g/mol. The Morgan fingerprint density at radius 2 is 1.37 bits per heavy atom. The number of aryl methyl sites for hydroxylation is 2. The second-order valence-corrected chi connectivity index (χ2v) is 13.5. The van der Waals surface area contributed by atoms with Crippen molar-refractivity contribution in [2.24, 2.45) is 0 Å². The van der Waals surface area contributed by atoms with Crippen LogP contribution in [0.25, 0.3) is 22.4 Å². The minimum Gasteiger partial charge on any atom is -0.493 e. The number of ether oxygens (including phenoxy) is 3. The molecule has 1 aromatic heterocycles. The van der Waals surface area contributed by atoms with Crippen molar-refractivity contribution in [3.8, 4) is 34.4 Å². The quantitative estimate of drug-likeness (QED) is 0.0835. The molecule has 0 saturated carbocycles. The molecule has 12 heteroatoms. The van der Waals surface area contributed by atoms with Crippen molar-refractivity contribution in [1.82, 2.24) is 19.4 Å². The standard InChI is InChI=1S/C38H52Cl2N4O3.C2H3F3/c1-7-12-21-44-34-26-31(45-22-13-19-42(8-2)9-3)27-36(46-23-14-20-43(10-4)11-5)37(34)41-38(44)32-17-15-29(39)25-35(32)47-30-16-18-33(40)28(6)24-30;1-2(3,4)5/h15-18,24-27H,7-14,19-23H2,1-6H3;1H3. The molecule has 0 radical (unpaired) electrons. The van der Waals surface area contributed by atoms with Gasteiger partial charge in [0.05, 0.1) is 24.3 Å². The maximum Gasteiger partial charge on any atom is 0.386 e. The fourth-order valence-electron chi connectivity index (χ4n) is 5.71. The SMILES string of the molecule is CC(F)(F)F.CCCCn1c(-c2ccc(Cl)cc2Oc2ccc(Cl)c(C)c2)nc2c(OCCCN(CC)CC)cc(OCCCN(CC)CC)cc21. The Bertz CT molecular complexity index is 1670. The van der Waals surface area contributed by atoms with E-state index in [1.807, 2.05) is 49.4 Å². The van der Waals surface area contributed by atoms with E-state index in [2.05, 4.69) is 55.1 Å². The number of alkyl halides is 3. The third kappa shape index (κ3) is 13.7. The molecule has 0 atom stereocenters. The smallest absolute Gasteiger partial charge is 0.386 e. The molecule has 0 spiro atoms. The van der Waals surface area contributed by atoms with Crippen LogP contribution in [0, 0.1) is 6.92 Å². The second kappa shape index (κ2) is 21.5. The van der Waals surface area contributed by atoms with Crippen LogP contribution in [-0.2, 0) is 6.54 Å². The number of rotatable bonds is 20. The van der Waals surface area contributed by atoms with Crippen LogP contribution in [0.15, 0.2) is 48.5 Å². The topological polar surface area (TPSA) is 52.0 Å². The monoisotopic (exact) mass is 766 g/mol. The van der Waals surface area contributed by atoms with Gasteiger partial charge in [-0.1, -0.05) is 64.2 Å². The van der Waals surface area contributed by atoms with E-state index in [0.29, 0.717) is 34.8 Å². The first-order chi connectivity index (χ1) is 24.8. The first-order valence-corrected chi connectivity index (χ1v) is 19.1. The van der Waals surface area contributed by atoms with Crippen molar-refractivity contribution < 1.29 is 27.4 Å². The number of hydrogen-bond acceptors (Lipinski definition) is 6. The van der Waals surface area contributed by atoms with Crippen LogP contribution in [0.4, 0.5) is 13.2 Å². The maximum absolute atomic E-state index is 10.4. The number of nitrogens with zero attached hydrogens (tertiary/aromatic N) is 4. The summed E-state index contributed by atoms with van der Waals surface area (Å²) < 4.78 is 52.7. The fraction of sp³-hybridized carbons (Fsp3) is 0.525. The lowest BCUT2D eigenvalue weighted by Crippen LogP contribution is -2.25. The van der Waals surface area contributed by atoms with Gasteiger partial charge in [-0.05, 0) is 88.3 Å². The van der Waals surface area contributed by atoms with Gasteiger partial charge in [-0.15, -0.1) is 0 Å². The molecule has 0 bridgehead atoms. The van der Waals surface area contributed by atoms with Crippen molar-refractivity contribution in [1.29, 1.82) is 0 Å². The molecule has 288 valence electrons. The molecule has 0 amide bonds. The Hall–Kier alpha value is -3.18. The molecule has 0 unspecified atom stereocenters. The van der Waals surface area contributed by atoms with Crippen molar-refractivity contribution in [2.45, 2.75) is 86.9 Å². The molecule has 1 heterocycles. The minimum absolute atomic E-state index is 0.188. The Balaban J connectivity index is 0.00000136. The number of halogens is 5. The normalized spacial score (nSPS) is 11.7. The highest BCUT2D eigenvalue weighted by Gasteiger charge is 2.22. The predicted molar refractivity (Wildman–Crippen MR) is 209 cm³/mol. The van der Waals surface area contributed by atoms with Crippen LogP contribution in [0.3, 0.4) is 0 Å². The van der Waals surface area contributed by atoms with E-state index in [4.69, 9.17) is 42.4 Å². The van der Waals surface area contributed by atoms with E-state index in [1.54, 1.807) is 0 Å². The molecular formula is C40H55Cl2F3N4O3. The van der Waals surface area contributed by atoms with Gasteiger partial charge in [0.1, 0.15) is 28.6 Å². The number of aromatic nitrogens is 2. The molecule has 7 nitrogen and oxygen atoms in total. The summed E-state index contributed by atoms with van der Waals surface area (Å²) in [6.07, 6.45) is -0.0793. The lowest BCUT2D eigenvalue weighted by atomic mass is 10.1. The number of fused-ring (bicyclic) bond motifs is 1. The molecule has 4 rings (SSSR count). The van der Waals surface area contributed by atoms with Gasteiger partial charge in [0.15, 0.2) is 5.75 Å². The van der Waals surface area contributed by atoms with Crippen molar-refractivity contribution >= 4 is 34.2 Å². The Morgan fingerprint density at radius 3 is 1.94 bits per heavy atom. The molecule has 52 heavy (non-hydrogen) atoms. The van der Waals surface area contributed by atoms with Crippen molar-refractivity contribution in [3.05, 3.63) is 64.1 Å².